The highest BCUT2D eigenvalue weighted by atomic mass is 16.1. The molecule has 3 aromatic rings. The Morgan fingerprint density at radius 3 is 2.85 bits per heavy atom. The molecule has 1 aliphatic rings. The van der Waals surface area contributed by atoms with Gasteiger partial charge in [0, 0.05) is 23.9 Å². The molecule has 2 aromatic heterocycles. The third-order valence-corrected chi connectivity index (χ3v) is 4.56. The molecule has 0 bridgehead atoms. The van der Waals surface area contributed by atoms with Crippen molar-refractivity contribution < 1.29 is 4.79 Å². The van der Waals surface area contributed by atoms with Gasteiger partial charge >= 0.3 is 0 Å². The lowest BCUT2D eigenvalue weighted by Gasteiger charge is -2.06. The van der Waals surface area contributed by atoms with Crippen LogP contribution < -0.4 is 11.1 Å². The molecule has 2 heterocycles. The predicted octanol–water partition coefficient (Wildman–Crippen LogP) is 2.56. The van der Waals surface area contributed by atoms with Crippen molar-refractivity contribution in [1.82, 2.24) is 20.0 Å². The molecule has 1 aromatic carbocycles. The number of hydrogen-bond acceptors (Lipinski definition) is 5. The van der Waals surface area contributed by atoms with E-state index in [0.29, 0.717) is 5.56 Å². The number of benzene rings is 1. The van der Waals surface area contributed by atoms with Crippen molar-refractivity contribution in [3.8, 4) is 16.9 Å². The topological polar surface area (TPSA) is 98.7 Å². The van der Waals surface area contributed by atoms with Crippen molar-refractivity contribution in [2.45, 2.75) is 19.8 Å². The average molecular weight is 348 g/mol. The molecule has 0 radical (unpaired) electrons. The number of hydrogen-bond donors (Lipinski definition) is 2. The third-order valence-electron chi connectivity index (χ3n) is 4.56. The lowest BCUT2D eigenvalue weighted by atomic mass is 10.1. The normalized spacial score (nSPS) is 13.6. The fraction of sp³-hybridized carbons (Fsp3) is 0.263. The zero-order valence-corrected chi connectivity index (χ0v) is 14.5. The number of carbonyl (C=O) groups is 1. The molecule has 26 heavy (non-hydrogen) atoms. The fourth-order valence-electron chi connectivity index (χ4n) is 2.74. The molecule has 0 spiro atoms. The molecule has 1 saturated carbocycles. The molecule has 1 fully saturated rings. The van der Waals surface area contributed by atoms with Gasteiger partial charge in [0.1, 0.15) is 11.5 Å². The van der Waals surface area contributed by atoms with E-state index in [1.165, 1.54) is 12.8 Å². The van der Waals surface area contributed by atoms with Crippen LogP contribution in [0.5, 0.6) is 0 Å². The molecule has 1 amide bonds. The van der Waals surface area contributed by atoms with Gasteiger partial charge in [0.25, 0.3) is 0 Å². The minimum atomic E-state index is -0.468. The predicted molar refractivity (Wildman–Crippen MR) is 99.1 cm³/mol. The van der Waals surface area contributed by atoms with E-state index in [2.05, 4.69) is 20.6 Å². The monoisotopic (exact) mass is 348 g/mol. The number of anilines is 1. The van der Waals surface area contributed by atoms with E-state index in [1.54, 1.807) is 23.0 Å². The number of nitrogens with one attached hydrogen (secondary N) is 1. The number of aryl methyl sites for hydroxylation is 1. The highest BCUT2D eigenvalue weighted by Crippen LogP contribution is 2.29. The first-order valence-corrected chi connectivity index (χ1v) is 8.63. The molecule has 3 N–H and O–H groups in total. The lowest BCUT2D eigenvalue weighted by molar-refractivity contribution is 0.100. The Kier molecular flexibility index (Phi) is 4.12. The van der Waals surface area contributed by atoms with Gasteiger partial charge in [-0.05, 0) is 55.5 Å². The Bertz CT molecular complexity index is 943. The molecule has 0 atom stereocenters. The minimum absolute atomic E-state index is 0.440. The number of aromatic nitrogens is 4. The van der Waals surface area contributed by atoms with E-state index >= 15 is 0 Å². The summed E-state index contributed by atoms with van der Waals surface area (Å²) in [6, 6.07) is 9.20. The number of pyridine rings is 1. The summed E-state index contributed by atoms with van der Waals surface area (Å²) in [6.07, 6.45) is 6.23. The molecule has 1 aliphatic carbocycles. The van der Waals surface area contributed by atoms with Crippen LogP contribution in [0.15, 0.2) is 42.7 Å². The van der Waals surface area contributed by atoms with Crippen molar-refractivity contribution in [1.29, 1.82) is 0 Å². The van der Waals surface area contributed by atoms with Gasteiger partial charge in [-0.2, -0.15) is 0 Å². The first-order valence-electron chi connectivity index (χ1n) is 8.63. The molecule has 7 heteroatoms. The summed E-state index contributed by atoms with van der Waals surface area (Å²) in [5.74, 6) is 1.21. The van der Waals surface area contributed by atoms with Crippen molar-refractivity contribution >= 4 is 11.7 Å². The first-order chi connectivity index (χ1) is 12.6. The Balaban J connectivity index is 1.56. The minimum Gasteiger partial charge on any atom is -0.370 e. The van der Waals surface area contributed by atoms with Gasteiger partial charge < -0.3 is 11.1 Å². The maximum Gasteiger partial charge on any atom is 0.248 e. The van der Waals surface area contributed by atoms with Gasteiger partial charge in [0.05, 0.1) is 11.9 Å². The van der Waals surface area contributed by atoms with Crippen molar-refractivity contribution in [3.05, 3.63) is 53.9 Å². The van der Waals surface area contributed by atoms with E-state index in [4.69, 9.17) is 5.73 Å². The second kappa shape index (κ2) is 6.59. The third kappa shape index (κ3) is 3.42. The Hall–Kier alpha value is -3.22. The van der Waals surface area contributed by atoms with Crippen molar-refractivity contribution in [2.75, 3.05) is 11.9 Å². The van der Waals surface area contributed by atoms with Crippen LogP contribution in [0.25, 0.3) is 16.9 Å². The Morgan fingerprint density at radius 1 is 1.31 bits per heavy atom. The fourth-order valence-corrected chi connectivity index (χ4v) is 2.74. The number of primary amides is 1. The zero-order valence-electron chi connectivity index (χ0n) is 14.5. The van der Waals surface area contributed by atoms with E-state index in [1.807, 2.05) is 31.3 Å². The summed E-state index contributed by atoms with van der Waals surface area (Å²) in [6.45, 7) is 2.93. The van der Waals surface area contributed by atoms with Gasteiger partial charge in [-0.25, -0.2) is 9.67 Å². The summed E-state index contributed by atoms with van der Waals surface area (Å²) in [7, 11) is 0. The van der Waals surface area contributed by atoms with Crippen LogP contribution in [0.4, 0.5) is 5.82 Å². The van der Waals surface area contributed by atoms with Gasteiger partial charge in [-0.1, -0.05) is 11.3 Å². The molecule has 0 saturated heterocycles. The van der Waals surface area contributed by atoms with Crippen LogP contribution in [0.3, 0.4) is 0 Å². The highest BCUT2D eigenvalue weighted by molar-refractivity contribution is 5.93. The van der Waals surface area contributed by atoms with Gasteiger partial charge in [-0.3, -0.25) is 4.79 Å². The molecule has 7 nitrogen and oxygen atoms in total. The quantitative estimate of drug-likeness (QED) is 0.713. The van der Waals surface area contributed by atoms with Gasteiger partial charge in [0.15, 0.2) is 0 Å². The standard InChI is InChI=1S/C19H20N6O/c1-12-2-5-14(19(20)26)8-17(12)25-11-16(23-24-25)15-6-7-18(22-10-15)21-9-13-3-4-13/h2,5-8,10-11,13H,3-4,9H2,1H3,(H2,20,26)(H,21,22). The summed E-state index contributed by atoms with van der Waals surface area (Å²) >= 11 is 0. The van der Waals surface area contributed by atoms with Crippen LogP contribution in [-0.4, -0.2) is 32.4 Å². The lowest BCUT2D eigenvalue weighted by Crippen LogP contribution is -2.12. The number of nitrogens with two attached hydrogens (primary N) is 1. The SMILES string of the molecule is Cc1ccc(C(N)=O)cc1-n1cc(-c2ccc(NCC3CC3)nc2)nn1. The van der Waals surface area contributed by atoms with E-state index in [0.717, 1.165) is 40.8 Å². The van der Waals surface area contributed by atoms with Crippen molar-refractivity contribution in [3.63, 3.8) is 0 Å². The van der Waals surface area contributed by atoms with E-state index in [-0.39, 0.29) is 0 Å². The van der Waals surface area contributed by atoms with Crippen LogP contribution >= 0.6 is 0 Å². The summed E-state index contributed by atoms with van der Waals surface area (Å²) in [5.41, 5.74) is 9.16. The molecule has 0 unspecified atom stereocenters. The average Bonchev–Trinajstić information content (AvgIpc) is 3.35. The van der Waals surface area contributed by atoms with Gasteiger partial charge in [-0.15, -0.1) is 5.10 Å². The number of rotatable bonds is 6. The zero-order chi connectivity index (χ0) is 18.1. The number of nitrogens with zero attached hydrogens (tertiary/aromatic N) is 4. The maximum atomic E-state index is 11.4. The van der Waals surface area contributed by atoms with E-state index in [9.17, 15) is 4.79 Å². The van der Waals surface area contributed by atoms with Gasteiger partial charge in [0.2, 0.25) is 5.91 Å². The van der Waals surface area contributed by atoms with Crippen LogP contribution in [0.1, 0.15) is 28.8 Å². The number of carbonyl (C=O) groups excluding carboxylic acids is 1. The molecule has 132 valence electrons. The Labute approximate surface area is 151 Å². The first kappa shape index (κ1) is 16.3. The number of amides is 1. The maximum absolute atomic E-state index is 11.4. The summed E-state index contributed by atoms with van der Waals surface area (Å²) in [5, 5.41) is 11.8. The summed E-state index contributed by atoms with van der Waals surface area (Å²) < 4.78 is 1.65. The van der Waals surface area contributed by atoms with E-state index < -0.39 is 5.91 Å². The Morgan fingerprint density at radius 2 is 2.15 bits per heavy atom. The molecule has 0 aliphatic heterocycles. The molecule has 4 rings (SSSR count). The van der Waals surface area contributed by atoms with Crippen LogP contribution in [0, 0.1) is 12.8 Å². The molecular weight excluding hydrogens is 328 g/mol. The largest absolute Gasteiger partial charge is 0.370 e. The second-order valence-electron chi connectivity index (χ2n) is 6.67. The second-order valence-corrected chi connectivity index (χ2v) is 6.67. The van der Waals surface area contributed by atoms with Crippen molar-refractivity contribution in [2.24, 2.45) is 11.7 Å². The smallest absolute Gasteiger partial charge is 0.248 e. The summed E-state index contributed by atoms with van der Waals surface area (Å²) in [4.78, 5) is 15.9. The highest BCUT2D eigenvalue weighted by Gasteiger charge is 2.20. The van der Waals surface area contributed by atoms with Crippen LogP contribution in [0.2, 0.25) is 0 Å². The molecular formula is C19H20N6O. The van der Waals surface area contributed by atoms with Crippen LogP contribution in [-0.2, 0) is 0 Å².